The van der Waals surface area contributed by atoms with E-state index in [1.807, 2.05) is 27.8 Å². The molecule has 2 aromatic rings. The Morgan fingerprint density at radius 1 is 1.44 bits per heavy atom. The van der Waals surface area contributed by atoms with Crippen molar-refractivity contribution in [1.29, 1.82) is 0 Å². The van der Waals surface area contributed by atoms with Gasteiger partial charge in [0, 0.05) is 12.5 Å². The summed E-state index contributed by atoms with van der Waals surface area (Å²) in [6.45, 7) is 5.61. The van der Waals surface area contributed by atoms with Crippen LogP contribution in [0, 0.1) is 5.41 Å². The predicted molar refractivity (Wildman–Crippen MR) is 64.7 cm³/mol. The highest BCUT2D eigenvalue weighted by Crippen LogP contribution is 2.19. The molecule has 0 radical (unpaired) electrons. The van der Waals surface area contributed by atoms with Crippen LogP contribution in [-0.2, 0) is 18.3 Å². The van der Waals surface area contributed by atoms with Crippen LogP contribution in [0.2, 0.25) is 0 Å². The molecule has 6 heteroatoms. The molecule has 0 aliphatic rings. The van der Waals surface area contributed by atoms with Crippen LogP contribution in [0.4, 0.5) is 0 Å². The topological polar surface area (TPSA) is 73.8 Å². The van der Waals surface area contributed by atoms with Gasteiger partial charge in [-0.1, -0.05) is 25.9 Å². The second-order valence-electron chi connectivity index (χ2n) is 5.25. The number of Topliss-reactive ketones (excluding diaryl/α,β-unsaturated/α-hetero) is 1. The van der Waals surface area contributed by atoms with Gasteiger partial charge in [-0.25, -0.2) is 4.98 Å². The van der Waals surface area contributed by atoms with E-state index >= 15 is 0 Å². The van der Waals surface area contributed by atoms with E-state index < -0.39 is 5.41 Å². The van der Waals surface area contributed by atoms with Gasteiger partial charge in [-0.3, -0.25) is 4.79 Å². The van der Waals surface area contributed by atoms with Crippen LogP contribution in [0.3, 0.4) is 0 Å². The smallest absolute Gasteiger partial charge is 0.234 e. The molecule has 0 aliphatic heterocycles. The molecule has 6 nitrogen and oxygen atoms in total. The number of hydrogen-bond acceptors (Lipinski definition) is 5. The first-order chi connectivity index (χ1) is 8.38. The quantitative estimate of drug-likeness (QED) is 0.825. The van der Waals surface area contributed by atoms with E-state index in [2.05, 4.69) is 15.1 Å². The summed E-state index contributed by atoms with van der Waals surface area (Å²) in [7, 11) is 1.85. The van der Waals surface area contributed by atoms with Crippen molar-refractivity contribution in [3.63, 3.8) is 0 Å². The molecule has 0 saturated heterocycles. The molecule has 0 amide bonds. The largest absolute Gasteiger partial charge is 0.338 e. The first-order valence-corrected chi connectivity index (χ1v) is 5.70. The van der Waals surface area contributed by atoms with Gasteiger partial charge in [0.2, 0.25) is 11.7 Å². The number of aromatic nitrogens is 4. The average molecular weight is 248 g/mol. The summed E-state index contributed by atoms with van der Waals surface area (Å²) in [5, 5.41) is 3.86. The number of nitrogens with zero attached hydrogens (tertiary/aromatic N) is 4. The van der Waals surface area contributed by atoms with Crippen LogP contribution < -0.4 is 0 Å². The minimum atomic E-state index is -0.402. The Bertz CT molecular complexity index is 563. The summed E-state index contributed by atoms with van der Waals surface area (Å²) in [6.07, 6.45) is 3.47. The Labute approximate surface area is 105 Å². The maximum Gasteiger partial charge on any atom is 0.234 e. The SMILES string of the molecule is Cn1cncc1-c1noc(CC(=O)C(C)(C)C)n1. The molecule has 0 spiro atoms. The zero-order chi connectivity index (χ0) is 13.3. The van der Waals surface area contributed by atoms with Crippen LogP contribution in [0.1, 0.15) is 26.7 Å². The highest BCUT2D eigenvalue weighted by Gasteiger charge is 2.24. The molecule has 0 bridgehead atoms. The monoisotopic (exact) mass is 248 g/mol. The molecular weight excluding hydrogens is 232 g/mol. The van der Waals surface area contributed by atoms with Crippen molar-refractivity contribution < 1.29 is 9.32 Å². The molecule has 96 valence electrons. The Hall–Kier alpha value is -1.98. The molecule has 0 aliphatic carbocycles. The number of aryl methyl sites for hydroxylation is 1. The average Bonchev–Trinajstić information content (AvgIpc) is 2.85. The first-order valence-electron chi connectivity index (χ1n) is 5.70. The maximum absolute atomic E-state index is 11.9. The van der Waals surface area contributed by atoms with E-state index in [0.717, 1.165) is 5.69 Å². The van der Waals surface area contributed by atoms with Crippen molar-refractivity contribution in [2.45, 2.75) is 27.2 Å². The van der Waals surface area contributed by atoms with Crippen LogP contribution in [-0.4, -0.2) is 25.5 Å². The van der Waals surface area contributed by atoms with Crippen LogP contribution in [0.5, 0.6) is 0 Å². The molecule has 0 fully saturated rings. The lowest BCUT2D eigenvalue weighted by Crippen LogP contribution is -2.22. The minimum Gasteiger partial charge on any atom is -0.338 e. The fourth-order valence-corrected chi connectivity index (χ4v) is 1.41. The summed E-state index contributed by atoms with van der Waals surface area (Å²) in [5.41, 5.74) is 0.356. The standard InChI is InChI=1S/C12H16N4O2/c1-12(2,3)9(17)5-10-14-11(15-18-10)8-6-13-7-16(8)4/h6-7H,5H2,1-4H3. The van der Waals surface area contributed by atoms with Gasteiger partial charge in [0.1, 0.15) is 11.5 Å². The van der Waals surface area contributed by atoms with E-state index in [0.29, 0.717) is 11.7 Å². The predicted octanol–water partition coefficient (Wildman–Crippen LogP) is 1.63. The summed E-state index contributed by atoms with van der Waals surface area (Å²) in [4.78, 5) is 20.0. The zero-order valence-electron chi connectivity index (χ0n) is 11.0. The number of rotatable bonds is 3. The molecule has 18 heavy (non-hydrogen) atoms. The van der Waals surface area contributed by atoms with Gasteiger partial charge in [0.15, 0.2) is 0 Å². The zero-order valence-corrected chi connectivity index (χ0v) is 11.0. The van der Waals surface area contributed by atoms with E-state index in [4.69, 9.17) is 4.52 Å². The van der Waals surface area contributed by atoms with E-state index in [1.165, 1.54) is 0 Å². The number of imidazole rings is 1. The van der Waals surface area contributed by atoms with Crippen molar-refractivity contribution in [1.82, 2.24) is 19.7 Å². The van der Waals surface area contributed by atoms with Gasteiger partial charge in [-0.2, -0.15) is 4.98 Å². The molecule has 2 rings (SSSR count). The number of carbonyl (C=O) groups excluding carboxylic acids is 1. The summed E-state index contributed by atoms with van der Waals surface area (Å²) in [6, 6.07) is 0. The Balaban J connectivity index is 2.17. The molecule has 0 N–H and O–H groups in total. The van der Waals surface area contributed by atoms with Crippen molar-refractivity contribution >= 4 is 5.78 Å². The number of ketones is 1. The summed E-state index contributed by atoms with van der Waals surface area (Å²) < 4.78 is 6.88. The van der Waals surface area contributed by atoms with Crippen LogP contribution in [0.25, 0.3) is 11.5 Å². The van der Waals surface area contributed by atoms with Gasteiger partial charge in [0.05, 0.1) is 18.9 Å². The summed E-state index contributed by atoms with van der Waals surface area (Å²) >= 11 is 0. The maximum atomic E-state index is 11.9. The van der Waals surface area contributed by atoms with E-state index in [-0.39, 0.29) is 12.2 Å². The summed E-state index contributed by atoms with van der Waals surface area (Å²) in [5.74, 6) is 0.862. The van der Waals surface area contributed by atoms with E-state index in [1.54, 1.807) is 17.1 Å². The Kier molecular flexibility index (Phi) is 3.02. The third-order valence-corrected chi connectivity index (χ3v) is 2.66. The highest BCUT2D eigenvalue weighted by atomic mass is 16.5. The normalized spacial score (nSPS) is 11.8. The second-order valence-corrected chi connectivity index (χ2v) is 5.25. The van der Waals surface area contributed by atoms with Crippen molar-refractivity contribution in [2.75, 3.05) is 0 Å². The molecule has 0 aromatic carbocycles. The van der Waals surface area contributed by atoms with Gasteiger partial charge >= 0.3 is 0 Å². The minimum absolute atomic E-state index is 0.0720. The molecule has 0 atom stereocenters. The van der Waals surface area contributed by atoms with Crippen molar-refractivity contribution in [3.05, 3.63) is 18.4 Å². The van der Waals surface area contributed by atoms with Gasteiger partial charge in [-0.05, 0) is 0 Å². The Morgan fingerprint density at radius 3 is 2.72 bits per heavy atom. The Morgan fingerprint density at radius 2 is 2.17 bits per heavy atom. The lowest BCUT2D eigenvalue weighted by molar-refractivity contribution is -0.125. The van der Waals surface area contributed by atoms with Crippen molar-refractivity contribution in [2.24, 2.45) is 12.5 Å². The molecule has 2 aromatic heterocycles. The molecular formula is C12H16N4O2. The van der Waals surface area contributed by atoms with Gasteiger partial charge < -0.3 is 9.09 Å². The number of carbonyl (C=O) groups is 1. The third-order valence-electron chi connectivity index (χ3n) is 2.66. The first kappa shape index (κ1) is 12.5. The second kappa shape index (κ2) is 4.36. The van der Waals surface area contributed by atoms with E-state index in [9.17, 15) is 4.79 Å². The number of hydrogen-bond donors (Lipinski definition) is 0. The fraction of sp³-hybridized carbons (Fsp3) is 0.500. The lowest BCUT2D eigenvalue weighted by Gasteiger charge is -2.14. The lowest BCUT2D eigenvalue weighted by atomic mass is 9.89. The molecule has 0 saturated carbocycles. The van der Waals surface area contributed by atoms with Crippen LogP contribution >= 0.6 is 0 Å². The van der Waals surface area contributed by atoms with Gasteiger partial charge in [-0.15, -0.1) is 0 Å². The molecule has 2 heterocycles. The fourth-order valence-electron chi connectivity index (χ4n) is 1.41. The highest BCUT2D eigenvalue weighted by molar-refractivity contribution is 5.85. The van der Waals surface area contributed by atoms with Crippen molar-refractivity contribution in [3.8, 4) is 11.5 Å². The third kappa shape index (κ3) is 2.47. The van der Waals surface area contributed by atoms with Gasteiger partial charge in [0.25, 0.3) is 0 Å². The molecule has 0 unspecified atom stereocenters. The van der Waals surface area contributed by atoms with Crippen LogP contribution in [0.15, 0.2) is 17.0 Å².